The van der Waals surface area contributed by atoms with Gasteiger partial charge in [0.25, 0.3) is 0 Å². The first-order valence-corrected chi connectivity index (χ1v) is 3.17. The zero-order valence-electron chi connectivity index (χ0n) is 6.95. The Hall–Kier alpha value is -0.590. The third kappa shape index (κ3) is 2.45. The molecule has 0 amide bonds. The smallest absolute Gasteiger partial charge is 0.0342 e. The Labute approximate surface area is 57.5 Å². The highest BCUT2D eigenvalue weighted by molar-refractivity contribution is 5.98. The number of aliphatic imine (C=N–C) groups is 1. The first-order chi connectivity index (χ1) is 4.09. The highest BCUT2D eigenvalue weighted by Crippen LogP contribution is 2.03. The maximum absolute atomic E-state index is 4.07. The van der Waals surface area contributed by atoms with Crippen LogP contribution in [0.5, 0.6) is 0 Å². The van der Waals surface area contributed by atoms with Crippen LogP contribution in [-0.4, -0.2) is 12.8 Å². The van der Waals surface area contributed by atoms with E-state index in [0.29, 0.717) is 0 Å². The van der Waals surface area contributed by atoms with Crippen LogP contribution in [0.2, 0.25) is 0 Å². The second kappa shape index (κ2) is 3.44. The second-order valence-corrected chi connectivity index (χ2v) is 2.43. The predicted octanol–water partition coefficient (Wildman–Crippen LogP) is 2.43. The predicted molar refractivity (Wildman–Crippen MR) is 43.1 cm³/mol. The number of allylic oxidation sites excluding steroid dienone is 2. The summed E-state index contributed by atoms with van der Waals surface area (Å²) in [4.78, 5) is 4.07. The SMILES string of the molecule is CN=C(C)C(C)=C(C)C. The van der Waals surface area contributed by atoms with E-state index in [4.69, 9.17) is 0 Å². The van der Waals surface area contributed by atoms with Crippen molar-refractivity contribution in [1.82, 2.24) is 0 Å². The van der Waals surface area contributed by atoms with Crippen molar-refractivity contribution in [2.24, 2.45) is 4.99 Å². The Morgan fingerprint density at radius 3 is 1.56 bits per heavy atom. The largest absolute Gasteiger partial charge is 0.293 e. The molecule has 0 spiro atoms. The van der Waals surface area contributed by atoms with E-state index in [1.165, 1.54) is 11.1 Å². The minimum Gasteiger partial charge on any atom is -0.293 e. The van der Waals surface area contributed by atoms with Crippen molar-refractivity contribution in [3.05, 3.63) is 11.1 Å². The van der Waals surface area contributed by atoms with Crippen LogP contribution in [0.25, 0.3) is 0 Å². The lowest BCUT2D eigenvalue weighted by Crippen LogP contribution is -1.94. The molecule has 52 valence electrons. The average molecular weight is 125 g/mol. The topological polar surface area (TPSA) is 12.4 Å². The number of hydrogen-bond acceptors (Lipinski definition) is 1. The van der Waals surface area contributed by atoms with Crippen LogP contribution in [0.4, 0.5) is 0 Å². The van der Waals surface area contributed by atoms with Gasteiger partial charge >= 0.3 is 0 Å². The van der Waals surface area contributed by atoms with Crippen molar-refractivity contribution in [3.8, 4) is 0 Å². The van der Waals surface area contributed by atoms with Crippen LogP contribution in [0.1, 0.15) is 27.7 Å². The van der Waals surface area contributed by atoms with Gasteiger partial charge in [-0.1, -0.05) is 5.57 Å². The summed E-state index contributed by atoms with van der Waals surface area (Å²) in [6, 6.07) is 0. The maximum atomic E-state index is 4.07. The molecule has 9 heavy (non-hydrogen) atoms. The van der Waals surface area contributed by atoms with Gasteiger partial charge < -0.3 is 0 Å². The van der Waals surface area contributed by atoms with Gasteiger partial charge in [-0.25, -0.2) is 0 Å². The summed E-state index contributed by atoms with van der Waals surface area (Å²) in [5, 5.41) is 0. The van der Waals surface area contributed by atoms with Crippen LogP contribution >= 0.6 is 0 Å². The molecule has 0 aromatic rings. The van der Waals surface area contributed by atoms with Crippen molar-refractivity contribution in [3.63, 3.8) is 0 Å². The van der Waals surface area contributed by atoms with Crippen LogP contribution in [0.3, 0.4) is 0 Å². The molecule has 0 N–H and O–H groups in total. The first kappa shape index (κ1) is 8.41. The Kier molecular flexibility index (Phi) is 3.21. The number of rotatable bonds is 1. The minimum absolute atomic E-state index is 1.13. The average Bonchev–Trinajstić information content (AvgIpc) is 1.84. The summed E-state index contributed by atoms with van der Waals surface area (Å²) in [6.07, 6.45) is 0. The van der Waals surface area contributed by atoms with Crippen molar-refractivity contribution in [2.75, 3.05) is 7.05 Å². The summed E-state index contributed by atoms with van der Waals surface area (Å²) in [7, 11) is 1.82. The van der Waals surface area contributed by atoms with Gasteiger partial charge in [-0.3, -0.25) is 4.99 Å². The highest BCUT2D eigenvalue weighted by atomic mass is 14.7. The Balaban J connectivity index is 4.40. The first-order valence-electron chi connectivity index (χ1n) is 3.17. The Morgan fingerprint density at radius 1 is 1.00 bits per heavy atom. The highest BCUT2D eigenvalue weighted by Gasteiger charge is 1.93. The van der Waals surface area contributed by atoms with Crippen LogP contribution in [0, 0.1) is 0 Å². The van der Waals surface area contributed by atoms with Gasteiger partial charge in [0.05, 0.1) is 0 Å². The minimum atomic E-state index is 1.13. The molecule has 0 aliphatic heterocycles. The molecule has 0 saturated carbocycles. The summed E-state index contributed by atoms with van der Waals surface area (Å²) >= 11 is 0. The van der Waals surface area contributed by atoms with Crippen molar-refractivity contribution in [2.45, 2.75) is 27.7 Å². The van der Waals surface area contributed by atoms with E-state index < -0.39 is 0 Å². The lowest BCUT2D eigenvalue weighted by molar-refractivity contribution is 1.29. The molecular weight excluding hydrogens is 110 g/mol. The van der Waals surface area contributed by atoms with Gasteiger partial charge in [-0.2, -0.15) is 0 Å². The molecule has 0 rings (SSSR count). The number of hydrogen-bond donors (Lipinski definition) is 0. The fraction of sp³-hybridized carbons (Fsp3) is 0.625. The van der Waals surface area contributed by atoms with E-state index in [0.717, 1.165) is 5.71 Å². The molecule has 0 fully saturated rings. The third-order valence-electron chi connectivity index (χ3n) is 1.63. The summed E-state index contributed by atoms with van der Waals surface area (Å²) in [5.74, 6) is 0. The lowest BCUT2D eigenvalue weighted by Gasteiger charge is -2.00. The molecule has 0 aliphatic rings. The summed E-state index contributed by atoms with van der Waals surface area (Å²) in [6.45, 7) is 8.33. The molecule has 0 aromatic carbocycles. The van der Waals surface area contributed by atoms with Crippen molar-refractivity contribution >= 4 is 5.71 Å². The molecule has 0 unspecified atom stereocenters. The molecule has 0 aromatic heterocycles. The molecule has 0 atom stereocenters. The van der Waals surface area contributed by atoms with Crippen molar-refractivity contribution < 1.29 is 0 Å². The van der Waals surface area contributed by atoms with Gasteiger partial charge in [0, 0.05) is 12.8 Å². The molecule has 0 saturated heterocycles. The normalized spacial score (nSPS) is 11.4. The standard InChI is InChI=1S/C8H15N/c1-6(2)7(3)8(4)9-5/h1-5H3. The summed E-state index contributed by atoms with van der Waals surface area (Å²) in [5.41, 5.74) is 3.78. The molecular formula is C8H15N. The quantitative estimate of drug-likeness (QED) is 0.477. The van der Waals surface area contributed by atoms with Crippen LogP contribution < -0.4 is 0 Å². The molecule has 0 bridgehead atoms. The Bertz CT molecular complexity index is 148. The number of nitrogens with zero attached hydrogens (tertiary/aromatic N) is 1. The fourth-order valence-corrected chi connectivity index (χ4v) is 0.530. The van der Waals surface area contributed by atoms with Crippen LogP contribution in [-0.2, 0) is 0 Å². The van der Waals surface area contributed by atoms with E-state index in [1.54, 1.807) is 0 Å². The monoisotopic (exact) mass is 125 g/mol. The van der Waals surface area contributed by atoms with E-state index in [-0.39, 0.29) is 0 Å². The van der Waals surface area contributed by atoms with Gasteiger partial charge in [-0.05, 0) is 33.3 Å². The zero-order valence-corrected chi connectivity index (χ0v) is 6.95. The zero-order chi connectivity index (χ0) is 7.44. The van der Waals surface area contributed by atoms with Gasteiger partial charge in [0.2, 0.25) is 0 Å². The molecule has 0 radical (unpaired) electrons. The van der Waals surface area contributed by atoms with E-state index >= 15 is 0 Å². The molecule has 0 aliphatic carbocycles. The molecule has 1 heteroatoms. The van der Waals surface area contributed by atoms with Crippen molar-refractivity contribution in [1.29, 1.82) is 0 Å². The van der Waals surface area contributed by atoms with E-state index in [9.17, 15) is 0 Å². The second-order valence-electron chi connectivity index (χ2n) is 2.43. The van der Waals surface area contributed by atoms with Gasteiger partial charge in [0.1, 0.15) is 0 Å². The summed E-state index contributed by atoms with van der Waals surface area (Å²) < 4.78 is 0. The van der Waals surface area contributed by atoms with Gasteiger partial charge in [0.15, 0.2) is 0 Å². The lowest BCUT2D eigenvalue weighted by atomic mass is 10.1. The fourth-order valence-electron chi connectivity index (χ4n) is 0.530. The van der Waals surface area contributed by atoms with Gasteiger partial charge in [-0.15, -0.1) is 0 Å². The maximum Gasteiger partial charge on any atom is 0.0342 e. The molecule has 1 nitrogen and oxygen atoms in total. The van der Waals surface area contributed by atoms with E-state index in [1.807, 2.05) is 14.0 Å². The van der Waals surface area contributed by atoms with Crippen LogP contribution in [0.15, 0.2) is 16.1 Å². The molecule has 0 heterocycles. The van der Waals surface area contributed by atoms with E-state index in [2.05, 4.69) is 25.8 Å². The Morgan fingerprint density at radius 2 is 1.44 bits per heavy atom. The third-order valence-corrected chi connectivity index (χ3v) is 1.63.